The zero-order valence-corrected chi connectivity index (χ0v) is 7.90. The molecule has 0 fully saturated rings. The molecule has 4 nitrogen and oxygen atoms in total. The molecular weight excluding hydrogens is 180 g/mol. The lowest BCUT2D eigenvalue weighted by molar-refractivity contribution is 0.453. The van der Waals surface area contributed by atoms with Gasteiger partial charge in [-0.2, -0.15) is 0 Å². The number of hydrogen-bond donors (Lipinski definition) is 2. The van der Waals surface area contributed by atoms with Crippen molar-refractivity contribution in [1.29, 1.82) is 0 Å². The molecule has 1 heterocycles. The summed E-state index contributed by atoms with van der Waals surface area (Å²) in [5, 5.41) is 9.85. The Morgan fingerprint density at radius 3 is 3.07 bits per heavy atom. The molecule has 0 aliphatic heterocycles. The highest BCUT2D eigenvalue weighted by Gasteiger charge is 2.14. The normalized spacial score (nSPS) is 13.3. The van der Waals surface area contributed by atoms with Gasteiger partial charge < -0.3 is 15.3 Å². The van der Waals surface area contributed by atoms with Crippen LogP contribution in [0.1, 0.15) is 18.4 Å². The van der Waals surface area contributed by atoms with E-state index in [0.29, 0.717) is 17.6 Å². The van der Waals surface area contributed by atoms with Crippen LogP contribution in [0.15, 0.2) is 22.9 Å². The Balaban J connectivity index is 2.61. The maximum Gasteiger partial charge on any atom is 0.196 e. The first-order valence-corrected chi connectivity index (χ1v) is 4.49. The molecule has 2 aromatic rings. The number of rotatable bonds is 2. The first kappa shape index (κ1) is 9.02. The quantitative estimate of drug-likeness (QED) is 0.758. The van der Waals surface area contributed by atoms with Gasteiger partial charge in [0.25, 0.3) is 0 Å². The van der Waals surface area contributed by atoms with Gasteiger partial charge in [0.05, 0.1) is 0 Å². The number of aromatic nitrogens is 1. The van der Waals surface area contributed by atoms with Crippen molar-refractivity contribution in [2.75, 3.05) is 6.54 Å². The summed E-state index contributed by atoms with van der Waals surface area (Å²) in [5.74, 6) is 0.266. The minimum absolute atomic E-state index is 0.115. The second-order valence-electron chi connectivity index (χ2n) is 3.34. The summed E-state index contributed by atoms with van der Waals surface area (Å²) >= 11 is 0. The zero-order valence-electron chi connectivity index (χ0n) is 7.90. The molecule has 3 N–H and O–H groups in total. The fraction of sp³-hybridized carbons (Fsp3) is 0.300. The average Bonchev–Trinajstić information content (AvgIpc) is 2.66. The van der Waals surface area contributed by atoms with Crippen LogP contribution in [-0.4, -0.2) is 16.6 Å². The number of benzene rings is 1. The summed E-state index contributed by atoms with van der Waals surface area (Å²) in [4.78, 5) is 3.95. The van der Waals surface area contributed by atoms with E-state index in [1.54, 1.807) is 0 Å². The van der Waals surface area contributed by atoms with Crippen LogP contribution in [0.3, 0.4) is 0 Å². The molecule has 0 saturated heterocycles. The van der Waals surface area contributed by atoms with Crippen molar-refractivity contribution >= 4 is 11.1 Å². The third-order valence-electron chi connectivity index (χ3n) is 2.39. The van der Waals surface area contributed by atoms with Gasteiger partial charge in [-0.05, 0) is 18.5 Å². The number of phenols is 1. The Morgan fingerprint density at radius 2 is 2.36 bits per heavy atom. The van der Waals surface area contributed by atoms with Crippen molar-refractivity contribution < 1.29 is 9.52 Å². The lowest BCUT2D eigenvalue weighted by Gasteiger charge is -2.10. The maximum absolute atomic E-state index is 9.85. The molecule has 0 aliphatic carbocycles. The van der Waals surface area contributed by atoms with Gasteiger partial charge in [0.2, 0.25) is 0 Å². The van der Waals surface area contributed by atoms with E-state index in [1.807, 2.05) is 19.1 Å². The van der Waals surface area contributed by atoms with E-state index in [9.17, 15) is 5.11 Å². The van der Waals surface area contributed by atoms with E-state index in [0.717, 1.165) is 5.56 Å². The molecule has 74 valence electrons. The van der Waals surface area contributed by atoms with E-state index in [4.69, 9.17) is 10.2 Å². The maximum atomic E-state index is 9.85. The SMILES string of the molecule is CC(CN)c1ccc2ncoc2c1O. The fourth-order valence-electron chi connectivity index (χ4n) is 1.45. The molecule has 1 unspecified atom stereocenters. The van der Waals surface area contributed by atoms with E-state index >= 15 is 0 Å². The Kier molecular flexibility index (Phi) is 2.13. The molecule has 0 radical (unpaired) electrons. The summed E-state index contributed by atoms with van der Waals surface area (Å²) in [5.41, 5.74) is 7.43. The van der Waals surface area contributed by atoms with E-state index in [2.05, 4.69) is 4.98 Å². The summed E-state index contributed by atoms with van der Waals surface area (Å²) < 4.78 is 5.08. The lowest BCUT2D eigenvalue weighted by Crippen LogP contribution is -2.08. The summed E-state index contributed by atoms with van der Waals surface area (Å²) in [7, 11) is 0. The monoisotopic (exact) mass is 192 g/mol. The van der Waals surface area contributed by atoms with Gasteiger partial charge in [0, 0.05) is 5.56 Å². The number of hydrogen-bond acceptors (Lipinski definition) is 4. The molecular formula is C10H12N2O2. The zero-order chi connectivity index (χ0) is 10.1. The highest BCUT2D eigenvalue weighted by Crippen LogP contribution is 2.32. The molecule has 0 amide bonds. The van der Waals surface area contributed by atoms with Crippen LogP contribution in [0.4, 0.5) is 0 Å². The minimum atomic E-state index is 0.115. The van der Waals surface area contributed by atoms with Crippen LogP contribution < -0.4 is 5.73 Å². The Labute approximate surface area is 81.4 Å². The van der Waals surface area contributed by atoms with Crippen molar-refractivity contribution in [2.24, 2.45) is 5.73 Å². The highest BCUT2D eigenvalue weighted by atomic mass is 16.4. The van der Waals surface area contributed by atoms with Gasteiger partial charge >= 0.3 is 0 Å². The van der Waals surface area contributed by atoms with Crippen LogP contribution in [0, 0.1) is 0 Å². The predicted octanol–water partition coefficient (Wildman–Crippen LogP) is 1.60. The molecule has 0 aliphatic rings. The van der Waals surface area contributed by atoms with Crippen molar-refractivity contribution in [3.8, 4) is 5.75 Å². The molecule has 14 heavy (non-hydrogen) atoms. The highest BCUT2D eigenvalue weighted by molar-refractivity contribution is 5.80. The summed E-state index contributed by atoms with van der Waals surface area (Å²) in [6.07, 6.45) is 1.32. The number of nitrogens with two attached hydrogens (primary N) is 1. The smallest absolute Gasteiger partial charge is 0.196 e. The predicted molar refractivity (Wildman–Crippen MR) is 53.1 cm³/mol. The van der Waals surface area contributed by atoms with Crippen molar-refractivity contribution in [3.63, 3.8) is 0 Å². The first-order chi connectivity index (χ1) is 6.74. The van der Waals surface area contributed by atoms with Crippen molar-refractivity contribution in [1.82, 2.24) is 4.98 Å². The molecule has 4 heteroatoms. The van der Waals surface area contributed by atoms with Gasteiger partial charge in [0.1, 0.15) is 5.52 Å². The van der Waals surface area contributed by atoms with Crippen LogP contribution in [0.5, 0.6) is 5.75 Å². The molecule has 2 rings (SSSR count). The molecule has 1 atom stereocenters. The first-order valence-electron chi connectivity index (χ1n) is 4.49. The average molecular weight is 192 g/mol. The third kappa shape index (κ3) is 1.24. The molecule has 0 spiro atoms. The number of fused-ring (bicyclic) bond motifs is 1. The molecule has 1 aromatic heterocycles. The van der Waals surface area contributed by atoms with E-state index in [-0.39, 0.29) is 11.7 Å². The number of nitrogens with zero attached hydrogens (tertiary/aromatic N) is 1. The van der Waals surface area contributed by atoms with Crippen LogP contribution in [0.2, 0.25) is 0 Å². The van der Waals surface area contributed by atoms with Crippen molar-refractivity contribution in [3.05, 3.63) is 24.1 Å². The second-order valence-corrected chi connectivity index (χ2v) is 3.34. The summed E-state index contributed by atoms with van der Waals surface area (Å²) in [6.45, 7) is 2.45. The van der Waals surface area contributed by atoms with E-state index < -0.39 is 0 Å². The van der Waals surface area contributed by atoms with Crippen LogP contribution in [-0.2, 0) is 0 Å². The van der Waals surface area contributed by atoms with Gasteiger partial charge in [-0.3, -0.25) is 0 Å². The summed E-state index contributed by atoms with van der Waals surface area (Å²) in [6, 6.07) is 3.65. The van der Waals surface area contributed by atoms with Gasteiger partial charge in [-0.15, -0.1) is 0 Å². The number of aromatic hydroxyl groups is 1. The molecule has 0 bridgehead atoms. The minimum Gasteiger partial charge on any atom is -0.504 e. The van der Waals surface area contributed by atoms with Gasteiger partial charge in [-0.1, -0.05) is 13.0 Å². The third-order valence-corrected chi connectivity index (χ3v) is 2.39. The Bertz CT molecular complexity index is 450. The topological polar surface area (TPSA) is 72.3 Å². The van der Waals surface area contributed by atoms with Crippen LogP contribution >= 0.6 is 0 Å². The standard InChI is InChI=1S/C10H12N2O2/c1-6(4-11)7-2-3-8-10(9(7)13)14-5-12-8/h2-3,5-6,13H,4,11H2,1H3. The Hall–Kier alpha value is -1.55. The second kappa shape index (κ2) is 3.31. The van der Waals surface area contributed by atoms with Gasteiger partial charge in [-0.25, -0.2) is 4.98 Å². The van der Waals surface area contributed by atoms with Crippen molar-refractivity contribution in [2.45, 2.75) is 12.8 Å². The molecule has 1 aromatic carbocycles. The van der Waals surface area contributed by atoms with Gasteiger partial charge in [0.15, 0.2) is 17.7 Å². The Morgan fingerprint density at radius 1 is 1.57 bits per heavy atom. The number of oxazole rings is 1. The molecule has 0 saturated carbocycles. The lowest BCUT2D eigenvalue weighted by atomic mass is 10.00. The number of phenolic OH excluding ortho intramolecular Hbond substituents is 1. The largest absolute Gasteiger partial charge is 0.504 e. The van der Waals surface area contributed by atoms with Crippen LogP contribution in [0.25, 0.3) is 11.1 Å². The fourth-order valence-corrected chi connectivity index (χ4v) is 1.45. The van der Waals surface area contributed by atoms with E-state index in [1.165, 1.54) is 6.39 Å².